The number of aromatic hydroxyl groups is 1. The molecule has 8 N–H and O–H groups in total. The molecule has 1 saturated carbocycles. The maximum absolute atomic E-state index is 14.1. The quantitative estimate of drug-likeness (QED) is 0.0770. The van der Waals surface area contributed by atoms with Gasteiger partial charge in [0.2, 0.25) is 0 Å². The molecule has 0 spiro atoms. The second kappa shape index (κ2) is 10.0. The predicted molar refractivity (Wildman–Crippen MR) is 153 cm³/mol. The highest BCUT2D eigenvalue weighted by molar-refractivity contribution is 6.28. The van der Waals surface area contributed by atoms with Gasteiger partial charge in [0.25, 0.3) is 5.91 Å². The smallest absolute Gasteiger partial charge is 0.255 e. The number of aliphatic hydroxyl groups excluding tert-OH is 2. The molecule has 1 amide bonds. The Labute approximate surface area is 232 Å². The molecule has 0 aromatic heterocycles. The number of aliphatic imine (C=N–C) groups is 1. The lowest BCUT2D eigenvalue weighted by Crippen LogP contribution is -2.53. The minimum absolute atomic E-state index is 0.0365. The highest BCUT2D eigenvalue weighted by Crippen LogP contribution is 2.59. The number of carbonyl (C=O) groups excluding carboxylic acids is 3. The number of benzene rings is 1. The first-order valence-corrected chi connectivity index (χ1v) is 13.2. The molecule has 1 unspecified atom stereocenters. The molecule has 11 nitrogen and oxygen atoms in total. The van der Waals surface area contributed by atoms with Crippen molar-refractivity contribution in [3.05, 3.63) is 46.8 Å². The van der Waals surface area contributed by atoms with Crippen LogP contribution in [0.1, 0.15) is 38.3 Å². The van der Waals surface area contributed by atoms with Gasteiger partial charge in [0, 0.05) is 43.2 Å². The number of primary amides is 1. The molecule has 214 valence electrons. The summed E-state index contributed by atoms with van der Waals surface area (Å²) in [5.41, 5.74) is 11.1. The van der Waals surface area contributed by atoms with Crippen LogP contribution in [0.3, 0.4) is 0 Å². The Balaban J connectivity index is 1.94. The van der Waals surface area contributed by atoms with Crippen molar-refractivity contribution in [2.75, 3.05) is 30.9 Å². The Bertz CT molecular complexity index is 1420. The second-order valence-electron chi connectivity index (χ2n) is 11.5. The van der Waals surface area contributed by atoms with E-state index < -0.39 is 57.7 Å². The van der Waals surface area contributed by atoms with Crippen molar-refractivity contribution in [1.82, 2.24) is 0 Å². The fourth-order valence-corrected chi connectivity index (χ4v) is 6.27. The van der Waals surface area contributed by atoms with Crippen LogP contribution in [0.4, 0.5) is 11.4 Å². The summed E-state index contributed by atoms with van der Waals surface area (Å²) in [5, 5.41) is 36.6. The standard InChI is InChI=1S/C29H37N5O6/c1-7-29-9-14-13(4)22(35)20(27(30)40)24(37)18(14)25(38)21(29)26(39)19-15(10-29)17(34(5)6)8-16(23(19)36)33-28(31)32-11-12(2)3/h7-8,12-14,18,35-36,39H,1,9-11H2,2-6H3,(H2,30,40)(H3,31,32,33)/t13-,14-,18?,29+/m0/s1. The molecule has 3 aliphatic rings. The summed E-state index contributed by atoms with van der Waals surface area (Å²) < 4.78 is 0. The first-order chi connectivity index (χ1) is 18.7. The molecule has 1 aromatic carbocycles. The van der Waals surface area contributed by atoms with Gasteiger partial charge in [-0.3, -0.25) is 19.4 Å². The number of allylic oxidation sites excluding steroid dienone is 3. The third-order valence-electron chi connectivity index (χ3n) is 8.27. The van der Waals surface area contributed by atoms with Crippen LogP contribution < -0.4 is 21.7 Å². The average Bonchev–Trinajstić information content (AvgIpc) is 2.86. The number of nitrogens with zero attached hydrogens (tertiary/aromatic N) is 2. The minimum atomic E-state index is -1.32. The number of nitrogens with two attached hydrogens (primary N) is 2. The van der Waals surface area contributed by atoms with Crippen molar-refractivity contribution in [3.8, 4) is 5.75 Å². The second-order valence-corrected chi connectivity index (χ2v) is 11.5. The fourth-order valence-electron chi connectivity index (χ4n) is 6.27. The van der Waals surface area contributed by atoms with E-state index in [0.29, 0.717) is 17.8 Å². The van der Waals surface area contributed by atoms with Gasteiger partial charge in [-0.05, 0) is 36.3 Å². The van der Waals surface area contributed by atoms with E-state index >= 15 is 0 Å². The van der Waals surface area contributed by atoms with Gasteiger partial charge in [-0.15, -0.1) is 6.58 Å². The number of fused-ring (bicyclic) bond motifs is 3. The summed E-state index contributed by atoms with van der Waals surface area (Å²) in [4.78, 5) is 45.5. The number of rotatable bonds is 6. The van der Waals surface area contributed by atoms with Crippen LogP contribution in [0.25, 0.3) is 5.76 Å². The first-order valence-electron chi connectivity index (χ1n) is 13.2. The summed E-state index contributed by atoms with van der Waals surface area (Å²) >= 11 is 0. The number of hydrogen-bond donors (Lipinski definition) is 6. The summed E-state index contributed by atoms with van der Waals surface area (Å²) in [6.07, 6.45) is 1.96. The third kappa shape index (κ3) is 4.29. The molecular weight excluding hydrogens is 514 g/mol. The van der Waals surface area contributed by atoms with Crippen LogP contribution in [0.15, 0.2) is 40.6 Å². The van der Waals surface area contributed by atoms with Crippen LogP contribution in [0.5, 0.6) is 5.75 Å². The van der Waals surface area contributed by atoms with Gasteiger partial charge in [-0.2, -0.15) is 0 Å². The molecule has 1 fully saturated rings. The summed E-state index contributed by atoms with van der Waals surface area (Å²) in [6, 6.07) is 1.69. The number of ketones is 2. The number of aliphatic hydroxyl groups is 2. The summed E-state index contributed by atoms with van der Waals surface area (Å²) in [7, 11) is 3.61. The van der Waals surface area contributed by atoms with Gasteiger partial charge >= 0.3 is 0 Å². The van der Waals surface area contributed by atoms with E-state index in [-0.39, 0.29) is 47.3 Å². The molecule has 0 aliphatic heterocycles. The van der Waals surface area contributed by atoms with Crippen LogP contribution in [0.2, 0.25) is 0 Å². The third-order valence-corrected chi connectivity index (χ3v) is 8.27. The molecule has 3 aliphatic carbocycles. The highest BCUT2D eigenvalue weighted by Gasteiger charge is 2.58. The number of anilines is 2. The number of guanidine groups is 1. The number of phenolic OH excluding ortho intramolecular Hbond substituents is 1. The van der Waals surface area contributed by atoms with E-state index in [1.807, 2.05) is 32.8 Å². The zero-order valence-corrected chi connectivity index (χ0v) is 23.4. The molecule has 1 aromatic rings. The molecule has 11 heteroatoms. The topological polar surface area (TPSA) is 192 Å². The van der Waals surface area contributed by atoms with Crippen molar-refractivity contribution in [1.29, 1.82) is 0 Å². The SMILES string of the molecule is C=C[C@@]12Cc3c(N(C)C)cc(NC(N)=NCC(C)C)c(O)c3C(O)=C1C(=O)C1C(=O)C(C(N)=O)=C(O)[C@@H](C)[C@@H]1C2. The maximum atomic E-state index is 14.1. The Hall–Kier alpha value is -4.28. The van der Waals surface area contributed by atoms with Gasteiger partial charge in [0.05, 0.1) is 17.2 Å². The van der Waals surface area contributed by atoms with Crippen molar-refractivity contribution >= 4 is 40.6 Å². The zero-order chi connectivity index (χ0) is 29.8. The van der Waals surface area contributed by atoms with E-state index in [4.69, 9.17) is 11.5 Å². The first kappa shape index (κ1) is 28.7. The van der Waals surface area contributed by atoms with E-state index in [9.17, 15) is 29.7 Å². The molecule has 40 heavy (non-hydrogen) atoms. The van der Waals surface area contributed by atoms with Gasteiger partial charge < -0.3 is 37.0 Å². The number of carbonyl (C=O) groups is 3. The lowest BCUT2D eigenvalue weighted by atomic mass is 9.52. The van der Waals surface area contributed by atoms with Gasteiger partial charge in [-0.25, -0.2) is 0 Å². The molecule has 4 atom stereocenters. The van der Waals surface area contributed by atoms with Crippen molar-refractivity contribution in [2.45, 2.75) is 33.6 Å². The molecule has 0 saturated heterocycles. The minimum Gasteiger partial charge on any atom is -0.511 e. The number of phenols is 1. The van der Waals surface area contributed by atoms with Crippen molar-refractivity contribution in [2.24, 2.45) is 45.5 Å². The van der Waals surface area contributed by atoms with Gasteiger partial charge in [-0.1, -0.05) is 26.8 Å². The van der Waals surface area contributed by atoms with Crippen molar-refractivity contribution < 1.29 is 29.7 Å². The number of hydrogen-bond acceptors (Lipinski definition) is 8. The Kier molecular flexibility index (Phi) is 7.21. The lowest BCUT2D eigenvalue weighted by Gasteiger charge is -2.49. The zero-order valence-electron chi connectivity index (χ0n) is 23.4. The largest absolute Gasteiger partial charge is 0.511 e. The highest BCUT2D eigenvalue weighted by atomic mass is 16.3. The van der Waals surface area contributed by atoms with Gasteiger partial charge in [0.15, 0.2) is 17.5 Å². The van der Waals surface area contributed by atoms with Crippen LogP contribution in [-0.2, 0) is 20.8 Å². The Morgan fingerprint density at radius 3 is 2.45 bits per heavy atom. The van der Waals surface area contributed by atoms with E-state index in [0.717, 1.165) is 0 Å². The lowest BCUT2D eigenvalue weighted by molar-refractivity contribution is -0.137. The molecule has 0 heterocycles. The normalized spacial score (nSPS) is 26.4. The van der Waals surface area contributed by atoms with Gasteiger partial charge in [0.1, 0.15) is 22.8 Å². The van der Waals surface area contributed by atoms with Crippen LogP contribution in [-0.4, -0.2) is 59.4 Å². The van der Waals surface area contributed by atoms with E-state index in [1.165, 1.54) is 0 Å². The number of Topliss-reactive ketones (excluding diaryl/α,β-unsaturated/α-hetero) is 2. The number of nitrogens with one attached hydrogen (secondary N) is 1. The maximum Gasteiger partial charge on any atom is 0.255 e. The molecule has 0 bridgehead atoms. The Morgan fingerprint density at radius 1 is 1.25 bits per heavy atom. The van der Waals surface area contributed by atoms with E-state index in [1.54, 1.807) is 19.1 Å². The van der Waals surface area contributed by atoms with Crippen LogP contribution >= 0.6 is 0 Å². The predicted octanol–water partition coefficient (Wildman–Crippen LogP) is 2.56. The fraction of sp³-hybridized carbons (Fsp3) is 0.448. The molecular formula is C29H37N5O6. The average molecular weight is 552 g/mol. The Morgan fingerprint density at radius 2 is 1.90 bits per heavy atom. The summed E-state index contributed by atoms with van der Waals surface area (Å²) in [6.45, 7) is 10.1. The number of amides is 1. The van der Waals surface area contributed by atoms with Crippen LogP contribution in [0, 0.1) is 29.1 Å². The molecule has 4 rings (SSSR count). The molecule has 0 radical (unpaired) electrons. The monoisotopic (exact) mass is 551 g/mol. The van der Waals surface area contributed by atoms with Crippen molar-refractivity contribution in [3.63, 3.8) is 0 Å². The van der Waals surface area contributed by atoms with E-state index in [2.05, 4.69) is 16.9 Å². The summed E-state index contributed by atoms with van der Waals surface area (Å²) in [5.74, 6) is -6.29.